The van der Waals surface area contributed by atoms with Crippen LogP contribution >= 0.6 is 11.3 Å². The molecule has 14 heteroatoms. The van der Waals surface area contributed by atoms with Gasteiger partial charge in [0.25, 0.3) is 5.91 Å². The third kappa shape index (κ3) is 6.02. The molecule has 2 N–H and O–H groups in total. The smallest absolute Gasteiger partial charge is 0.280 e. The highest BCUT2D eigenvalue weighted by Gasteiger charge is 2.22. The van der Waals surface area contributed by atoms with E-state index in [1.807, 2.05) is 0 Å². The number of nitrogens with one attached hydrogen (secondary N) is 2. The third-order valence-corrected chi connectivity index (χ3v) is 6.85. The van der Waals surface area contributed by atoms with Gasteiger partial charge >= 0.3 is 0 Å². The molecule has 180 valence electrons. The third-order valence-electron chi connectivity index (χ3n) is 4.73. The minimum atomic E-state index is -3.82. The van der Waals surface area contributed by atoms with E-state index in [2.05, 4.69) is 25.2 Å². The molecule has 3 heterocycles. The average Bonchev–Trinajstić information content (AvgIpc) is 3.56. The van der Waals surface area contributed by atoms with Gasteiger partial charge in [0.2, 0.25) is 10.0 Å². The molecule has 3 aromatic rings. The largest absolute Gasteiger partial charge is 0.389 e. The number of halogens is 1. The van der Waals surface area contributed by atoms with Crippen LogP contribution in [0.15, 0.2) is 53.0 Å². The fraction of sp³-hybridized carbons (Fsp3) is 0.300. The molecule has 0 spiro atoms. The summed E-state index contributed by atoms with van der Waals surface area (Å²) >= 11 is 0.663. The fourth-order valence-electron chi connectivity index (χ4n) is 3.02. The van der Waals surface area contributed by atoms with E-state index in [9.17, 15) is 17.6 Å². The standard InChI is InChI=1S/C20H21FN6O5S2/c1-27-10-14(23-12-27)8-24-34(29,30)16-4-2-13(3-5-16)18(26-32-15-6-7-31-11-15)19(28)25-20-22-9-17(21)33-20/h2-5,9-10,12,15,24H,6-8,11H2,1H3,(H,22,25,28)/t15-/m1/s1. The first-order valence-corrected chi connectivity index (χ1v) is 12.4. The highest BCUT2D eigenvalue weighted by atomic mass is 32.2. The summed E-state index contributed by atoms with van der Waals surface area (Å²) in [5.41, 5.74) is 0.755. The number of rotatable bonds is 9. The monoisotopic (exact) mass is 508 g/mol. The maximum absolute atomic E-state index is 13.3. The van der Waals surface area contributed by atoms with E-state index in [1.54, 1.807) is 24.1 Å². The van der Waals surface area contributed by atoms with Crippen molar-refractivity contribution in [1.82, 2.24) is 19.3 Å². The van der Waals surface area contributed by atoms with Crippen molar-refractivity contribution < 1.29 is 27.2 Å². The highest BCUT2D eigenvalue weighted by Crippen LogP contribution is 2.18. The molecular formula is C20H21FN6O5S2. The summed E-state index contributed by atoms with van der Waals surface area (Å²) in [5, 5.41) is 5.95. The molecule has 1 amide bonds. The van der Waals surface area contributed by atoms with Gasteiger partial charge in [-0.15, -0.1) is 0 Å². The van der Waals surface area contributed by atoms with Crippen LogP contribution in [-0.2, 0) is 38.0 Å². The lowest BCUT2D eigenvalue weighted by Gasteiger charge is -2.10. The first-order chi connectivity index (χ1) is 16.3. The van der Waals surface area contributed by atoms with E-state index in [4.69, 9.17) is 9.57 Å². The van der Waals surface area contributed by atoms with Gasteiger partial charge in [0.1, 0.15) is 0 Å². The van der Waals surface area contributed by atoms with Crippen molar-refractivity contribution >= 4 is 38.1 Å². The molecule has 1 atom stereocenters. The lowest BCUT2D eigenvalue weighted by atomic mass is 10.1. The molecule has 1 aliphatic heterocycles. The van der Waals surface area contributed by atoms with Crippen molar-refractivity contribution in [3.8, 4) is 0 Å². The maximum atomic E-state index is 13.3. The molecular weight excluding hydrogens is 487 g/mol. The predicted octanol–water partition coefficient (Wildman–Crippen LogP) is 1.64. The number of carbonyl (C=O) groups excluding carboxylic acids is 1. The summed E-state index contributed by atoms with van der Waals surface area (Å²) in [6, 6.07) is 5.57. The van der Waals surface area contributed by atoms with Crippen LogP contribution in [0.25, 0.3) is 0 Å². The van der Waals surface area contributed by atoms with Crippen molar-refractivity contribution in [2.75, 3.05) is 18.5 Å². The molecule has 11 nitrogen and oxygen atoms in total. The van der Waals surface area contributed by atoms with Gasteiger partial charge in [0.15, 0.2) is 22.1 Å². The van der Waals surface area contributed by atoms with Crippen LogP contribution in [0.3, 0.4) is 0 Å². The first kappa shape index (κ1) is 23.9. The van der Waals surface area contributed by atoms with E-state index in [0.717, 1.165) is 6.20 Å². The topological polar surface area (TPSA) is 137 Å². The number of ether oxygens (including phenoxy) is 1. The zero-order valence-corrected chi connectivity index (χ0v) is 19.6. The first-order valence-electron chi connectivity index (χ1n) is 10.1. The second-order valence-electron chi connectivity index (χ2n) is 7.33. The number of aromatic nitrogens is 3. The second-order valence-corrected chi connectivity index (χ2v) is 10.1. The summed E-state index contributed by atoms with van der Waals surface area (Å²) < 4.78 is 48.0. The Morgan fingerprint density at radius 3 is 2.76 bits per heavy atom. The number of hydrogen-bond donors (Lipinski definition) is 2. The Hall–Kier alpha value is -3.20. The number of imidazole rings is 1. The summed E-state index contributed by atoms with van der Waals surface area (Å²) in [4.78, 5) is 26.1. The summed E-state index contributed by atoms with van der Waals surface area (Å²) in [7, 11) is -2.04. The molecule has 4 rings (SSSR count). The van der Waals surface area contributed by atoms with Crippen LogP contribution in [0.1, 0.15) is 17.7 Å². The minimum absolute atomic E-state index is 0.000884. The number of anilines is 1. The number of aryl methyl sites for hydroxylation is 1. The van der Waals surface area contributed by atoms with Crippen molar-refractivity contribution in [3.63, 3.8) is 0 Å². The van der Waals surface area contributed by atoms with Crippen LogP contribution in [0.5, 0.6) is 0 Å². The van der Waals surface area contributed by atoms with Crippen molar-refractivity contribution in [2.24, 2.45) is 12.2 Å². The normalized spacial score (nSPS) is 16.5. The molecule has 1 fully saturated rings. The number of hydrogen-bond acceptors (Lipinski definition) is 9. The van der Waals surface area contributed by atoms with E-state index in [0.29, 0.717) is 42.2 Å². The number of sulfonamides is 1. The number of amides is 1. The Labute approximate surface area is 198 Å². The van der Waals surface area contributed by atoms with Crippen molar-refractivity contribution in [3.05, 3.63) is 59.4 Å². The number of nitrogens with zero attached hydrogens (tertiary/aromatic N) is 4. The van der Waals surface area contributed by atoms with Crippen molar-refractivity contribution in [1.29, 1.82) is 0 Å². The van der Waals surface area contributed by atoms with Crippen LogP contribution in [0.4, 0.5) is 9.52 Å². The van der Waals surface area contributed by atoms with Gasteiger partial charge in [-0.3, -0.25) is 10.1 Å². The van der Waals surface area contributed by atoms with Crippen LogP contribution < -0.4 is 10.0 Å². The predicted molar refractivity (Wildman–Crippen MR) is 121 cm³/mol. The zero-order valence-electron chi connectivity index (χ0n) is 18.0. The van der Waals surface area contributed by atoms with Crippen LogP contribution in [-0.4, -0.2) is 53.9 Å². The van der Waals surface area contributed by atoms with Gasteiger partial charge in [-0.25, -0.2) is 23.1 Å². The molecule has 34 heavy (non-hydrogen) atoms. The van der Waals surface area contributed by atoms with Gasteiger partial charge < -0.3 is 14.1 Å². The summed E-state index contributed by atoms with van der Waals surface area (Å²) in [6.07, 6.45) is 4.58. The molecule has 0 saturated carbocycles. The van der Waals surface area contributed by atoms with E-state index in [-0.39, 0.29) is 28.4 Å². The van der Waals surface area contributed by atoms with Gasteiger partial charge in [-0.1, -0.05) is 28.6 Å². The van der Waals surface area contributed by atoms with Gasteiger partial charge in [0.05, 0.1) is 42.9 Å². The molecule has 0 unspecified atom stereocenters. The van der Waals surface area contributed by atoms with Gasteiger partial charge in [-0.05, 0) is 12.1 Å². The summed E-state index contributed by atoms with van der Waals surface area (Å²) in [6.45, 7) is 0.898. The molecule has 0 radical (unpaired) electrons. The Bertz CT molecular complexity index is 1280. The van der Waals surface area contributed by atoms with Crippen LogP contribution in [0, 0.1) is 5.13 Å². The van der Waals surface area contributed by atoms with E-state index < -0.39 is 21.1 Å². The fourth-order valence-corrected chi connectivity index (χ4v) is 4.56. The molecule has 1 aliphatic rings. The van der Waals surface area contributed by atoms with Gasteiger partial charge in [0, 0.05) is 25.2 Å². The SMILES string of the molecule is Cn1cnc(CNS(=O)(=O)c2ccc(C(=NO[C@@H]3CCOC3)C(=O)Nc3ncc(F)s3)cc2)c1. The Balaban J connectivity index is 1.51. The van der Waals surface area contributed by atoms with Gasteiger partial charge in [-0.2, -0.15) is 4.39 Å². The molecule has 0 bridgehead atoms. The molecule has 1 aromatic carbocycles. The highest BCUT2D eigenvalue weighted by molar-refractivity contribution is 7.89. The number of carbonyl (C=O) groups is 1. The Morgan fingerprint density at radius 1 is 1.35 bits per heavy atom. The van der Waals surface area contributed by atoms with Crippen LogP contribution in [0.2, 0.25) is 0 Å². The van der Waals surface area contributed by atoms with E-state index in [1.165, 1.54) is 24.3 Å². The molecule has 0 aliphatic carbocycles. The number of oxime groups is 1. The lowest BCUT2D eigenvalue weighted by Crippen LogP contribution is -2.26. The average molecular weight is 509 g/mol. The second kappa shape index (κ2) is 10.4. The van der Waals surface area contributed by atoms with E-state index >= 15 is 0 Å². The lowest BCUT2D eigenvalue weighted by molar-refractivity contribution is -0.110. The molecule has 2 aromatic heterocycles. The summed E-state index contributed by atoms with van der Waals surface area (Å²) in [5.74, 6) is -0.683. The van der Waals surface area contributed by atoms with Crippen molar-refractivity contribution in [2.45, 2.75) is 24.0 Å². The Kier molecular flexibility index (Phi) is 7.31. The molecule has 1 saturated heterocycles. The zero-order chi connectivity index (χ0) is 24.1. The number of thiazole rings is 1. The quantitative estimate of drug-likeness (QED) is 0.331. The Morgan fingerprint density at radius 2 is 2.15 bits per heavy atom. The minimum Gasteiger partial charge on any atom is -0.389 e. The maximum Gasteiger partial charge on any atom is 0.280 e. The number of benzene rings is 1.